The van der Waals surface area contributed by atoms with Crippen molar-refractivity contribution in [3.8, 4) is 11.1 Å². The number of ether oxygens (including phenoxy) is 2. The van der Waals surface area contributed by atoms with E-state index >= 15 is 0 Å². The van der Waals surface area contributed by atoms with Crippen molar-refractivity contribution in [2.24, 2.45) is 0 Å². The zero-order valence-corrected chi connectivity index (χ0v) is 10.6. The van der Waals surface area contributed by atoms with Crippen LogP contribution in [0.5, 0.6) is 0 Å². The van der Waals surface area contributed by atoms with Gasteiger partial charge >= 0.3 is 0 Å². The van der Waals surface area contributed by atoms with E-state index in [2.05, 4.69) is 55.5 Å². The highest BCUT2D eigenvalue weighted by Crippen LogP contribution is 2.32. The number of hydrogen-bond donors (Lipinski definition) is 0. The van der Waals surface area contributed by atoms with E-state index in [0.717, 1.165) is 5.56 Å². The molecule has 1 fully saturated rings. The Morgan fingerprint density at radius 1 is 0.778 bits per heavy atom. The molecule has 1 heterocycles. The SMILES string of the molecule is Cc1ccc(-c2ccc(C3OC(C)O3)cc2)cc1. The maximum atomic E-state index is 5.46. The van der Waals surface area contributed by atoms with E-state index in [0.29, 0.717) is 0 Å². The molecule has 3 rings (SSSR count). The molecule has 0 aliphatic carbocycles. The molecule has 18 heavy (non-hydrogen) atoms. The normalized spacial score (nSPS) is 22.6. The minimum absolute atomic E-state index is 0.0771. The van der Waals surface area contributed by atoms with Crippen LogP contribution in [0.3, 0.4) is 0 Å². The molecule has 0 unspecified atom stereocenters. The third kappa shape index (κ3) is 2.17. The molecule has 2 aromatic carbocycles. The van der Waals surface area contributed by atoms with Crippen LogP contribution in [0.25, 0.3) is 11.1 Å². The molecule has 0 N–H and O–H groups in total. The number of rotatable bonds is 2. The van der Waals surface area contributed by atoms with Gasteiger partial charge in [-0.1, -0.05) is 54.1 Å². The van der Waals surface area contributed by atoms with E-state index in [1.54, 1.807) is 0 Å². The third-order valence-electron chi connectivity index (χ3n) is 3.20. The first-order valence-electron chi connectivity index (χ1n) is 6.20. The summed E-state index contributed by atoms with van der Waals surface area (Å²) >= 11 is 0. The van der Waals surface area contributed by atoms with Gasteiger partial charge in [-0.3, -0.25) is 0 Å². The average Bonchev–Trinajstić information content (AvgIpc) is 2.36. The van der Waals surface area contributed by atoms with Crippen molar-refractivity contribution in [3.63, 3.8) is 0 Å². The molecule has 1 saturated heterocycles. The second-order valence-electron chi connectivity index (χ2n) is 4.66. The van der Waals surface area contributed by atoms with Crippen LogP contribution >= 0.6 is 0 Å². The molecule has 0 spiro atoms. The smallest absolute Gasteiger partial charge is 0.189 e. The summed E-state index contributed by atoms with van der Waals surface area (Å²) < 4.78 is 10.9. The summed E-state index contributed by atoms with van der Waals surface area (Å²) in [5, 5.41) is 0. The predicted molar refractivity (Wildman–Crippen MR) is 71.0 cm³/mol. The number of benzene rings is 2. The van der Waals surface area contributed by atoms with Gasteiger partial charge in [-0.15, -0.1) is 0 Å². The van der Waals surface area contributed by atoms with E-state index in [4.69, 9.17) is 9.47 Å². The molecule has 1 aliphatic rings. The van der Waals surface area contributed by atoms with Crippen molar-refractivity contribution >= 4 is 0 Å². The monoisotopic (exact) mass is 240 g/mol. The highest BCUT2D eigenvalue weighted by molar-refractivity contribution is 5.63. The Balaban J connectivity index is 1.80. The molecule has 92 valence electrons. The summed E-state index contributed by atoms with van der Waals surface area (Å²) in [7, 11) is 0. The van der Waals surface area contributed by atoms with Gasteiger partial charge in [-0.05, 0) is 25.0 Å². The van der Waals surface area contributed by atoms with Crippen LogP contribution in [0.15, 0.2) is 48.5 Å². The van der Waals surface area contributed by atoms with Gasteiger partial charge in [-0.25, -0.2) is 0 Å². The lowest BCUT2D eigenvalue weighted by Gasteiger charge is -2.33. The van der Waals surface area contributed by atoms with Crippen LogP contribution in [0.4, 0.5) is 0 Å². The molecule has 0 radical (unpaired) electrons. The molecule has 0 atom stereocenters. The van der Waals surface area contributed by atoms with Gasteiger partial charge in [0.05, 0.1) is 0 Å². The van der Waals surface area contributed by atoms with E-state index < -0.39 is 0 Å². The molecule has 1 aliphatic heterocycles. The van der Waals surface area contributed by atoms with Gasteiger partial charge in [-0.2, -0.15) is 0 Å². The molecule has 0 saturated carbocycles. The van der Waals surface area contributed by atoms with Crippen LogP contribution in [0.1, 0.15) is 24.3 Å². The Labute approximate surface area is 107 Å². The van der Waals surface area contributed by atoms with Crippen molar-refractivity contribution in [2.75, 3.05) is 0 Å². The molecule has 2 aromatic rings. The molecule has 0 amide bonds. The van der Waals surface area contributed by atoms with E-state index in [-0.39, 0.29) is 12.6 Å². The summed E-state index contributed by atoms with van der Waals surface area (Å²) in [4.78, 5) is 0. The fourth-order valence-corrected chi connectivity index (χ4v) is 2.09. The fourth-order valence-electron chi connectivity index (χ4n) is 2.09. The molecule has 2 heteroatoms. The predicted octanol–water partition coefficient (Wildman–Crippen LogP) is 4.05. The van der Waals surface area contributed by atoms with E-state index in [1.807, 2.05) is 6.92 Å². The first-order valence-corrected chi connectivity index (χ1v) is 6.20. The highest BCUT2D eigenvalue weighted by Gasteiger charge is 2.28. The zero-order chi connectivity index (χ0) is 12.5. The Hall–Kier alpha value is -1.64. The summed E-state index contributed by atoms with van der Waals surface area (Å²) in [6.07, 6.45) is -0.265. The fraction of sp³-hybridized carbons (Fsp3) is 0.250. The van der Waals surface area contributed by atoms with Crippen molar-refractivity contribution in [1.29, 1.82) is 0 Å². The lowest BCUT2D eigenvalue weighted by molar-refractivity contribution is -0.382. The minimum Gasteiger partial charge on any atom is -0.320 e. The van der Waals surface area contributed by atoms with Gasteiger partial charge in [0.25, 0.3) is 0 Å². The molecular formula is C16H16O2. The molecular weight excluding hydrogens is 224 g/mol. The first-order chi connectivity index (χ1) is 8.72. The number of hydrogen-bond acceptors (Lipinski definition) is 2. The van der Waals surface area contributed by atoms with Crippen molar-refractivity contribution in [1.82, 2.24) is 0 Å². The molecule has 2 nitrogen and oxygen atoms in total. The van der Waals surface area contributed by atoms with Crippen molar-refractivity contribution < 1.29 is 9.47 Å². The summed E-state index contributed by atoms with van der Waals surface area (Å²) in [5.74, 6) is 0. The standard InChI is InChI=1S/C16H16O2/c1-11-3-5-13(6-4-11)14-7-9-15(10-8-14)16-17-12(2)18-16/h3-10,12,16H,1-2H3. The third-order valence-corrected chi connectivity index (χ3v) is 3.20. The molecule has 0 bridgehead atoms. The Morgan fingerprint density at radius 2 is 1.28 bits per heavy atom. The highest BCUT2D eigenvalue weighted by atomic mass is 16.9. The average molecular weight is 240 g/mol. The van der Waals surface area contributed by atoms with Gasteiger partial charge < -0.3 is 9.47 Å². The maximum absolute atomic E-state index is 5.46. The Bertz CT molecular complexity index is 522. The Kier molecular flexibility index (Phi) is 2.90. The van der Waals surface area contributed by atoms with E-state index in [1.165, 1.54) is 16.7 Å². The zero-order valence-electron chi connectivity index (χ0n) is 10.6. The second kappa shape index (κ2) is 4.56. The largest absolute Gasteiger partial charge is 0.320 e. The lowest BCUT2D eigenvalue weighted by atomic mass is 10.0. The van der Waals surface area contributed by atoms with Gasteiger partial charge in [0, 0.05) is 5.56 Å². The maximum Gasteiger partial charge on any atom is 0.189 e. The summed E-state index contributed by atoms with van der Waals surface area (Å²) in [6, 6.07) is 16.9. The number of aryl methyl sites for hydroxylation is 1. The minimum atomic E-state index is -0.188. The quantitative estimate of drug-likeness (QED) is 0.788. The molecule has 0 aromatic heterocycles. The van der Waals surface area contributed by atoms with Crippen LogP contribution in [-0.4, -0.2) is 6.29 Å². The lowest BCUT2D eigenvalue weighted by Crippen LogP contribution is -2.31. The second-order valence-corrected chi connectivity index (χ2v) is 4.66. The Morgan fingerprint density at radius 3 is 1.78 bits per heavy atom. The van der Waals surface area contributed by atoms with Gasteiger partial charge in [0.2, 0.25) is 0 Å². The summed E-state index contributed by atoms with van der Waals surface area (Å²) in [5.41, 5.74) is 4.80. The van der Waals surface area contributed by atoms with E-state index in [9.17, 15) is 0 Å². The van der Waals surface area contributed by atoms with Crippen LogP contribution in [0.2, 0.25) is 0 Å². The van der Waals surface area contributed by atoms with Crippen molar-refractivity contribution in [3.05, 3.63) is 59.7 Å². The topological polar surface area (TPSA) is 18.5 Å². The summed E-state index contributed by atoms with van der Waals surface area (Å²) in [6.45, 7) is 4.00. The van der Waals surface area contributed by atoms with Crippen LogP contribution in [0, 0.1) is 6.92 Å². The first kappa shape index (κ1) is 11.5. The van der Waals surface area contributed by atoms with Gasteiger partial charge in [0.15, 0.2) is 12.6 Å². The van der Waals surface area contributed by atoms with Crippen molar-refractivity contribution in [2.45, 2.75) is 26.4 Å². The van der Waals surface area contributed by atoms with Crippen LogP contribution in [-0.2, 0) is 9.47 Å². The van der Waals surface area contributed by atoms with Gasteiger partial charge in [0.1, 0.15) is 0 Å². The van der Waals surface area contributed by atoms with Crippen LogP contribution < -0.4 is 0 Å².